The van der Waals surface area contributed by atoms with Crippen molar-refractivity contribution >= 4 is 11.8 Å². The lowest BCUT2D eigenvalue weighted by molar-refractivity contribution is -0.157. The molecule has 0 N–H and O–H groups in total. The minimum Gasteiger partial charge on any atom is -0.267 e. The molecule has 1 aromatic carbocycles. The molecule has 1 aromatic rings. The Morgan fingerprint density at radius 3 is 2.25 bits per heavy atom. The molecule has 84 valence electrons. The van der Waals surface area contributed by atoms with Crippen LogP contribution in [0.1, 0.15) is 17.3 Å². The van der Waals surface area contributed by atoms with E-state index >= 15 is 0 Å². The second-order valence-corrected chi connectivity index (χ2v) is 3.23. The Labute approximate surface area is 94.1 Å². The molecule has 0 aromatic heterocycles. The molecule has 0 atom stereocenters. The maximum atomic E-state index is 11.9. The molecule has 0 spiro atoms. The Morgan fingerprint density at radius 1 is 1.25 bits per heavy atom. The third-order valence-corrected chi connectivity index (χ3v) is 1.94. The maximum absolute atomic E-state index is 11.9. The summed E-state index contributed by atoms with van der Waals surface area (Å²) < 4.78 is 0. The van der Waals surface area contributed by atoms with Crippen molar-refractivity contribution in [3.8, 4) is 0 Å². The molecule has 0 radical (unpaired) electrons. The molecular weight excluding hydrogens is 206 g/mol. The Balaban J connectivity index is 2.95. The standard InChI is InChI=1S/C12H13NO3/c1-9(2)11(14)13(16-3)12(15)10-7-5-4-6-8-10/h4-8H,1H2,2-3H3. The first-order valence-corrected chi connectivity index (χ1v) is 4.71. The summed E-state index contributed by atoms with van der Waals surface area (Å²) in [4.78, 5) is 28.2. The molecule has 0 aliphatic rings. The van der Waals surface area contributed by atoms with Gasteiger partial charge in [0.15, 0.2) is 0 Å². The third kappa shape index (κ3) is 2.55. The van der Waals surface area contributed by atoms with Crippen LogP contribution >= 0.6 is 0 Å². The predicted molar refractivity (Wildman–Crippen MR) is 59.4 cm³/mol. The minimum absolute atomic E-state index is 0.242. The van der Waals surface area contributed by atoms with Crippen molar-refractivity contribution in [1.82, 2.24) is 5.06 Å². The number of hydrogen-bond acceptors (Lipinski definition) is 3. The van der Waals surface area contributed by atoms with Crippen LogP contribution in [-0.4, -0.2) is 24.0 Å². The molecule has 1 rings (SSSR count). The first-order valence-electron chi connectivity index (χ1n) is 4.71. The maximum Gasteiger partial charge on any atom is 0.285 e. The fourth-order valence-corrected chi connectivity index (χ4v) is 1.13. The molecule has 0 saturated carbocycles. The lowest BCUT2D eigenvalue weighted by Crippen LogP contribution is -2.36. The summed E-state index contributed by atoms with van der Waals surface area (Å²) in [5, 5.41) is 0.692. The van der Waals surface area contributed by atoms with E-state index in [0.717, 1.165) is 0 Å². The Kier molecular flexibility index (Phi) is 3.96. The van der Waals surface area contributed by atoms with Gasteiger partial charge in [-0.3, -0.25) is 14.4 Å². The summed E-state index contributed by atoms with van der Waals surface area (Å²) in [7, 11) is 1.27. The molecule has 0 bridgehead atoms. The van der Waals surface area contributed by atoms with Gasteiger partial charge in [0.2, 0.25) is 0 Å². The highest BCUT2D eigenvalue weighted by atomic mass is 16.7. The van der Waals surface area contributed by atoms with Gasteiger partial charge in [-0.05, 0) is 19.1 Å². The van der Waals surface area contributed by atoms with Gasteiger partial charge >= 0.3 is 0 Å². The van der Waals surface area contributed by atoms with Crippen molar-refractivity contribution < 1.29 is 14.4 Å². The normalized spacial score (nSPS) is 9.62. The van der Waals surface area contributed by atoms with Gasteiger partial charge in [0, 0.05) is 11.1 Å². The zero-order chi connectivity index (χ0) is 12.1. The number of benzene rings is 1. The van der Waals surface area contributed by atoms with Crippen molar-refractivity contribution in [1.29, 1.82) is 0 Å². The molecule has 0 heterocycles. The monoisotopic (exact) mass is 219 g/mol. The topological polar surface area (TPSA) is 46.6 Å². The van der Waals surface area contributed by atoms with Crippen LogP contribution in [0.15, 0.2) is 42.5 Å². The number of nitrogens with zero attached hydrogens (tertiary/aromatic N) is 1. The van der Waals surface area contributed by atoms with Crippen molar-refractivity contribution in [3.63, 3.8) is 0 Å². The van der Waals surface area contributed by atoms with Crippen molar-refractivity contribution in [2.24, 2.45) is 0 Å². The molecule has 0 fully saturated rings. The Bertz CT molecular complexity index is 412. The molecule has 0 aliphatic heterocycles. The molecule has 0 saturated heterocycles. The second-order valence-electron chi connectivity index (χ2n) is 3.23. The van der Waals surface area contributed by atoms with Gasteiger partial charge < -0.3 is 0 Å². The highest BCUT2D eigenvalue weighted by Crippen LogP contribution is 2.07. The van der Waals surface area contributed by atoms with Crippen molar-refractivity contribution in [3.05, 3.63) is 48.0 Å². The number of hydrogen-bond donors (Lipinski definition) is 0. The van der Waals surface area contributed by atoms with Gasteiger partial charge in [0.05, 0.1) is 7.11 Å². The highest BCUT2D eigenvalue weighted by Gasteiger charge is 2.23. The SMILES string of the molecule is C=C(C)C(=O)N(OC)C(=O)c1ccccc1. The van der Waals surface area contributed by atoms with E-state index in [0.29, 0.717) is 10.6 Å². The summed E-state index contributed by atoms with van der Waals surface area (Å²) in [5.41, 5.74) is 0.630. The second kappa shape index (κ2) is 5.23. The number of amides is 2. The average Bonchev–Trinajstić information content (AvgIpc) is 2.30. The van der Waals surface area contributed by atoms with Crippen LogP contribution in [0, 0.1) is 0 Å². The zero-order valence-electron chi connectivity index (χ0n) is 9.27. The van der Waals surface area contributed by atoms with E-state index in [-0.39, 0.29) is 5.57 Å². The zero-order valence-corrected chi connectivity index (χ0v) is 9.27. The summed E-state index contributed by atoms with van der Waals surface area (Å²) in [6.07, 6.45) is 0. The summed E-state index contributed by atoms with van der Waals surface area (Å²) in [6, 6.07) is 8.44. The Hall–Kier alpha value is -1.94. The van der Waals surface area contributed by atoms with Crippen molar-refractivity contribution in [2.75, 3.05) is 7.11 Å². The van der Waals surface area contributed by atoms with E-state index in [2.05, 4.69) is 6.58 Å². The van der Waals surface area contributed by atoms with Gasteiger partial charge in [0.25, 0.3) is 11.8 Å². The number of carbonyl (C=O) groups is 2. The predicted octanol–water partition coefficient (Wildman–Crippen LogP) is 1.79. The number of carbonyl (C=O) groups excluding carboxylic acids is 2. The molecule has 0 aliphatic carbocycles. The first kappa shape index (κ1) is 12.1. The van der Waals surface area contributed by atoms with Gasteiger partial charge in [-0.15, -0.1) is 5.06 Å². The van der Waals surface area contributed by atoms with Crippen LogP contribution < -0.4 is 0 Å². The van der Waals surface area contributed by atoms with E-state index in [1.54, 1.807) is 30.3 Å². The fourth-order valence-electron chi connectivity index (χ4n) is 1.13. The van der Waals surface area contributed by atoms with Gasteiger partial charge in [-0.25, -0.2) is 0 Å². The van der Waals surface area contributed by atoms with Crippen LogP contribution in [0.3, 0.4) is 0 Å². The van der Waals surface area contributed by atoms with Gasteiger partial charge in [-0.1, -0.05) is 24.8 Å². The lowest BCUT2D eigenvalue weighted by atomic mass is 10.2. The van der Waals surface area contributed by atoms with E-state index in [9.17, 15) is 9.59 Å². The van der Waals surface area contributed by atoms with Gasteiger partial charge in [0.1, 0.15) is 0 Å². The highest BCUT2D eigenvalue weighted by molar-refractivity contribution is 6.08. The summed E-state index contributed by atoms with van der Waals surface area (Å²) in [5.74, 6) is -1.05. The summed E-state index contributed by atoms with van der Waals surface area (Å²) in [6.45, 7) is 5.00. The molecule has 16 heavy (non-hydrogen) atoms. The van der Waals surface area contributed by atoms with Gasteiger partial charge in [-0.2, -0.15) is 0 Å². The quantitative estimate of drug-likeness (QED) is 0.575. The van der Waals surface area contributed by atoms with E-state index in [1.165, 1.54) is 14.0 Å². The molecule has 4 nitrogen and oxygen atoms in total. The average molecular weight is 219 g/mol. The Morgan fingerprint density at radius 2 is 1.81 bits per heavy atom. The summed E-state index contributed by atoms with van der Waals surface area (Å²) >= 11 is 0. The molecule has 4 heteroatoms. The first-order chi connectivity index (χ1) is 7.57. The van der Waals surface area contributed by atoms with Crippen molar-refractivity contribution in [2.45, 2.75) is 6.92 Å². The molecule has 0 unspecified atom stereocenters. The van der Waals surface area contributed by atoms with Crippen LogP contribution in [0.4, 0.5) is 0 Å². The number of rotatable bonds is 3. The van der Waals surface area contributed by atoms with E-state index in [4.69, 9.17) is 4.84 Å². The minimum atomic E-state index is -0.545. The van der Waals surface area contributed by atoms with Crippen LogP contribution in [-0.2, 0) is 9.63 Å². The molecule has 2 amide bonds. The third-order valence-electron chi connectivity index (χ3n) is 1.94. The van der Waals surface area contributed by atoms with Crippen LogP contribution in [0.5, 0.6) is 0 Å². The lowest BCUT2D eigenvalue weighted by Gasteiger charge is -2.17. The van der Waals surface area contributed by atoms with Crippen LogP contribution in [0.2, 0.25) is 0 Å². The molecular formula is C12H13NO3. The van der Waals surface area contributed by atoms with E-state index < -0.39 is 11.8 Å². The van der Waals surface area contributed by atoms with Crippen LogP contribution in [0.25, 0.3) is 0 Å². The number of imide groups is 1. The largest absolute Gasteiger partial charge is 0.285 e. The number of hydroxylamine groups is 2. The fraction of sp³-hybridized carbons (Fsp3) is 0.167. The smallest absolute Gasteiger partial charge is 0.267 e. The van der Waals surface area contributed by atoms with E-state index in [1.807, 2.05) is 0 Å².